The van der Waals surface area contributed by atoms with Crippen molar-refractivity contribution in [3.8, 4) is 11.3 Å². The molecule has 0 spiro atoms. The molecule has 1 saturated heterocycles. The molecule has 1 aromatic carbocycles. The van der Waals surface area contributed by atoms with Crippen molar-refractivity contribution in [1.82, 2.24) is 10.2 Å². The largest absolute Gasteiger partial charge is 0.464 e. The van der Waals surface area contributed by atoms with Crippen molar-refractivity contribution in [3.05, 3.63) is 42.7 Å². The molecule has 134 valence electrons. The second-order valence-electron chi connectivity index (χ2n) is 6.34. The lowest BCUT2D eigenvalue weighted by molar-refractivity contribution is 0.159. The van der Waals surface area contributed by atoms with Crippen molar-refractivity contribution in [2.45, 2.75) is 6.42 Å². The second-order valence-corrected chi connectivity index (χ2v) is 6.34. The SMILES string of the molecule is COCCN1CC[C@H](CNC(=O)Nc2cccc(-c3ccco3)c2)C1. The molecule has 2 aromatic rings. The number of carbonyl (C=O) groups is 1. The highest BCUT2D eigenvalue weighted by molar-refractivity contribution is 5.89. The van der Waals surface area contributed by atoms with Gasteiger partial charge in [0.05, 0.1) is 12.9 Å². The second kappa shape index (κ2) is 8.69. The molecule has 6 heteroatoms. The van der Waals surface area contributed by atoms with Crippen molar-refractivity contribution in [2.75, 3.05) is 45.2 Å². The van der Waals surface area contributed by atoms with E-state index in [1.165, 1.54) is 0 Å². The molecule has 6 nitrogen and oxygen atoms in total. The van der Waals surface area contributed by atoms with Crippen LogP contribution in [-0.2, 0) is 4.74 Å². The third kappa shape index (κ3) is 5.08. The molecule has 25 heavy (non-hydrogen) atoms. The minimum Gasteiger partial charge on any atom is -0.464 e. The molecule has 1 aliphatic rings. The number of benzene rings is 1. The Bertz CT molecular complexity index is 672. The van der Waals surface area contributed by atoms with Crippen LogP contribution in [-0.4, -0.2) is 50.8 Å². The summed E-state index contributed by atoms with van der Waals surface area (Å²) >= 11 is 0. The fraction of sp³-hybridized carbons (Fsp3) is 0.421. The van der Waals surface area contributed by atoms with Crippen LogP contribution in [0, 0.1) is 5.92 Å². The number of hydrogen-bond donors (Lipinski definition) is 2. The highest BCUT2D eigenvalue weighted by atomic mass is 16.5. The lowest BCUT2D eigenvalue weighted by Gasteiger charge is -2.16. The van der Waals surface area contributed by atoms with Gasteiger partial charge in [0.1, 0.15) is 5.76 Å². The van der Waals surface area contributed by atoms with Crippen molar-refractivity contribution in [3.63, 3.8) is 0 Å². The van der Waals surface area contributed by atoms with E-state index in [2.05, 4.69) is 15.5 Å². The number of urea groups is 1. The van der Waals surface area contributed by atoms with Gasteiger partial charge in [-0.25, -0.2) is 4.79 Å². The van der Waals surface area contributed by atoms with Crippen molar-refractivity contribution in [2.24, 2.45) is 5.92 Å². The highest BCUT2D eigenvalue weighted by Crippen LogP contribution is 2.23. The molecule has 0 saturated carbocycles. The predicted molar refractivity (Wildman–Crippen MR) is 97.6 cm³/mol. The number of carbonyl (C=O) groups excluding carboxylic acids is 1. The summed E-state index contributed by atoms with van der Waals surface area (Å²) in [6, 6.07) is 11.2. The summed E-state index contributed by atoms with van der Waals surface area (Å²) in [7, 11) is 1.72. The van der Waals surface area contributed by atoms with Crippen LogP contribution in [0.25, 0.3) is 11.3 Å². The Morgan fingerprint density at radius 3 is 3.08 bits per heavy atom. The molecular weight excluding hydrogens is 318 g/mol. The summed E-state index contributed by atoms with van der Waals surface area (Å²) in [6.45, 7) is 4.48. The Labute approximate surface area is 148 Å². The fourth-order valence-corrected chi connectivity index (χ4v) is 3.11. The Hall–Kier alpha value is -2.31. The van der Waals surface area contributed by atoms with Crippen molar-refractivity contribution in [1.29, 1.82) is 0 Å². The summed E-state index contributed by atoms with van der Waals surface area (Å²) < 4.78 is 10.5. The number of hydrogen-bond acceptors (Lipinski definition) is 4. The number of nitrogens with one attached hydrogen (secondary N) is 2. The zero-order valence-corrected chi connectivity index (χ0v) is 14.5. The zero-order valence-electron chi connectivity index (χ0n) is 14.5. The van der Waals surface area contributed by atoms with Gasteiger partial charge in [-0.3, -0.25) is 0 Å². The Morgan fingerprint density at radius 2 is 2.28 bits per heavy atom. The first kappa shape index (κ1) is 17.5. The Balaban J connectivity index is 1.45. The van der Waals surface area contributed by atoms with Crippen molar-refractivity contribution >= 4 is 11.7 Å². The highest BCUT2D eigenvalue weighted by Gasteiger charge is 2.22. The molecular formula is C19H25N3O3. The zero-order chi connectivity index (χ0) is 17.5. The van der Waals surface area contributed by atoms with Crippen LogP contribution in [0.4, 0.5) is 10.5 Å². The van der Waals surface area contributed by atoms with E-state index < -0.39 is 0 Å². The molecule has 0 radical (unpaired) electrons. The van der Waals surface area contributed by atoms with Gasteiger partial charge in [0.25, 0.3) is 0 Å². The quantitative estimate of drug-likeness (QED) is 0.811. The van der Waals surface area contributed by atoms with Gasteiger partial charge >= 0.3 is 6.03 Å². The first-order chi connectivity index (χ1) is 12.2. The number of amides is 2. The van der Waals surface area contributed by atoms with Crippen LogP contribution in [0.1, 0.15) is 6.42 Å². The Kier molecular flexibility index (Phi) is 6.09. The molecule has 0 unspecified atom stereocenters. The van der Waals surface area contributed by atoms with Gasteiger partial charge in [0.2, 0.25) is 0 Å². The molecule has 0 bridgehead atoms. The maximum absolute atomic E-state index is 12.1. The van der Waals surface area contributed by atoms with Gasteiger partial charge in [-0.1, -0.05) is 12.1 Å². The lowest BCUT2D eigenvalue weighted by atomic mass is 10.1. The molecule has 1 aliphatic heterocycles. The van der Waals surface area contributed by atoms with Crippen LogP contribution < -0.4 is 10.6 Å². The van der Waals surface area contributed by atoms with Crippen LogP contribution in [0.5, 0.6) is 0 Å². The van der Waals surface area contributed by atoms with E-state index in [0.717, 1.165) is 49.7 Å². The van der Waals surface area contributed by atoms with Gasteiger partial charge in [-0.05, 0) is 43.1 Å². The molecule has 2 heterocycles. The number of methoxy groups -OCH3 is 1. The standard InChI is InChI=1S/C19H25N3O3/c1-24-11-9-22-8-7-15(14-22)13-20-19(23)21-17-5-2-4-16(12-17)18-6-3-10-25-18/h2-6,10,12,15H,7-9,11,13-14H2,1H3,(H2,20,21,23)/t15-/m1/s1. The molecule has 2 amide bonds. The lowest BCUT2D eigenvalue weighted by Crippen LogP contribution is -2.34. The van der Waals surface area contributed by atoms with Crippen LogP contribution in [0.3, 0.4) is 0 Å². The van der Waals surface area contributed by atoms with Gasteiger partial charge < -0.3 is 24.7 Å². The summed E-state index contributed by atoms with van der Waals surface area (Å²) in [5, 5.41) is 5.86. The minimum absolute atomic E-state index is 0.174. The first-order valence-electron chi connectivity index (χ1n) is 8.64. The third-order valence-corrected chi connectivity index (χ3v) is 4.46. The molecule has 1 aromatic heterocycles. The van der Waals surface area contributed by atoms with E-state index in [4.69, 9.17) is 9.15 Å². The van der Waals surface area contributed by atoms with Crippen LogP contribution in [0.15, 0.2) is 47.1 Å². The molecule has 2 N–H and O–H groups in total. The summed E-state index contributed by atoms with van der Waals surface area (Å²) in [6.07, 6.45) is 2.75. The minimum atomic E-state index is -0.174. The van der Waals surface area contributed by atoms with E-state index in [1.54, 1.807) is 13.4 Å². The van der Waals surface area contributed by atoms with E-state index in [1.807, 2.05) is 36.4 Å². The number of anilines is 1. The van der Waals surface area contributed by atoms with E-state index >= 15 is 0 Å². The smallest absolute Gasteiger partial charge is 0.319 e. The average molecular weight is 343 g/mol. The fourth-order valence-electron chi connectivity index (χ4n) is 3.11. The normalized spacial score (nSPS) is 17.6. The molecule has 0 aliphatic carbocycles. The van der Waals surface area contributed by atoms with Gasteiger partial charge in [0.15, 0.2) is 0 Å². The third-order valence-electron chi connectivity index (χ3n) is 4.46. The van der Waals surface area contributed by atoms with Crippen LogP contribution in [0.2, 0.25) is 0 Å². The van der Waals surface area contributed by atoms with E-state index in [0.29, 0.717) is 12.5 Å². The average Bonchev–Trinajstić information content (AvgIpc) is 3.30. The maximum atomic E-state index is 12.1. The Morgan fingerprint density at radius 1 is 1.36 bits per heavy atom. The molecule has 3 rings (SSSR count). The first-order valence-corrected chi connectivity index (χ1v) is 8.64. The summed E-state index contributed by atoms with van der Waals surface area (Å²) in [5.41, 5.74) is 1.69. The number of nitrogens with zero attached hydrogens (tertiary/aromatic N) is 1. The summed E-state index contributed by atoms with van der Waals surface area (Å²) in [5.74, 6) is 1.28. The molecule has 1 atom stereocenters. The monoisotopic (exact) mass is 343 g/mol. The van der Waals surface area contributed by atoms with E-state index in [-0.39, 0.29) is 6.03 Å². The number of likely N-dealkylation sites (tertiary alicyclic amines) is 1. The topological polar surface area (TPSA) is 66.7 Å². The number of ether oxygens (including phenoxy) is 1. The van der Waals surface area contributed by atoms with Crippen molar-refractivity contribution < 1.29 is 13.9 Å². The van der Waals surface area contributed by atoms with E-state index in [9.17, 15) is 4.79 Å². The number of rotatable bonds is 7. The number of furan rings is 1. The van der Waals surface area contributed by atoms with Gasteiger partial charge in [-0.2, -0.15) is 0 Å². The molecule has 1 fully saturated rings. The maximum Gasteiger partial charge on any atom is 0.319 e. The van der Waals surface area contributed by atoms with Gasteiger partial charge in [-0.15, -0.1) is 0 Å². The summed E-state index contributed by atoms with van der Waals surface area (Å²) in [4.78, 5) is 14.5. The van der Waals surface area contributed by atoms with Gasteiger partial charge in [0, 0.05) is 38.0 Å². The van der Waals surface area contributed by atoms with Crippen LogP contribution >= 0.6 is 0 Å². The predicted octanol–water partition coefficient (Wildman–Crippen LogP) is 3.04.